The molecule has 0 amide bonds. The highest BCUT2D eigenvalue weighted by atomic mass is 16.7. The minimum atomic E-state index is -0.334. The summed E-state index contributed by atoms with van der Waals surface area (Å²) in [5.41, 5.74) is 2.35. The SMILES string of the molecule is CC(=O)ON(C)CCC(Oc1ccc(Oc2ccc(C(C)C)cc2)cc1)c1ccccc1. The summed E-state index contributed by atoms with van der Waals surface area (Å²) < 4.78 is 12.2. The van der Waals surface area contributed by atoms with Gasteiger partial charge >= 0.3 is 5.97 Å². The molecule has 0 aliphatic rings. The van der Waals surface area contributed by atoms with E-state index in [0.717, 1.165) is 22.8 Å². The second kappa shape index (κ2) is 11.3. The zero-order chi connectivity index (χ0) is 22.9. The molecular formula is C27H31NO4. The van der Waals surface area contributed by atoms with Gasteiger partial charge in [0.25, 0.3) is 0 Å². The number of hydrogen-bond donors (Lipinski definition) is 0. The van der Waals surface area contributed by atoms with E-state index in [-0.39, 0.29) is 12.1 Å². The lowest BCUT2D eigenvalue weighted by Gasteiger charge is -2.22. The second-order valence-electron chi connectivity index (χ2n) is 8.04. The molecule has 1 unspecified atom stereocenters. The Hall–Kier alpha value is -3.31. The number of benzene rings is 3. The van der Waals surface area contributed by atoms with E-state index in [1.165, 1.54) is 17.6 Å². The molecule has 0 aromatic heterocycles. The summed E-state index contributed by atoms with van der Waals surface area (Å²) in [7, 11) is 1.74. The quantitative estimate of drug-likeness (QED) is 0.341. The summed E-state index contributed by atoms with van der Waals surface area (Å²) in [6.07, 6.45) is 0.485. The van der Waals surface area contributed by atoms with Gasteiger partial charge in [-0.25, -0.2) is 0 Å². The van der Waals surface area contributed by atoms with E-state index in [4.69, 9.17) is 14.3 Å². The van der Waals surface area contributed by atoms with Crippen LogP contribution in [0.4, 0.5) is 0 Å². The Labute approximate surface area is 190 Å². The molecule has 0 aliphatic heterocycles. The summed E-state index contributed by atoms with van der Waals surface area (Å²) >= 11 is 0. The highest BCUT2D eigenvalue weighted by Gasteiger charge is 2.16. The maximum Gasteiger partial charge on any atom is 0.322 e. The minimum absolute atomic E-state index is 0.176. The molecule has 0 saturated heterocycles. The van der Waals surface area contributed by atoms with Gasteiger partial charge in [0, 0.05) is 26.9 Å². The van der Waals surface area contributed by atoms with Crippen LogP contribution in [-0.4, -0.2) is 24.6 Å². The Morgan fingerprint density at radius 1 is 0.812 bits per heavy atom. The van der Waals surface area contributed by atoms with Crippen molar-refractivity contribution in [3.63, 3.8) is 0 Å². The molecule has 168 valence electrons. The van der Waals surface area contributed by atoms with Crippen molar-refractivity contribution in [3.8, 4) is 17.2 Å². The van der Waals surface area contributed by atoms with Crippen LogP contribution < -0.4 is 9.47 Å². The zero-order valence-electron chi connectivity index (χ0n) is 19.2. The third kappa shape index (κ3) is 7.13. The van der Waals surface area contributed by atoms with Crippen LogP contribution in [0.1, 0.15) is 50.3 Å². The third-order valence-corrected chi connectivity index (χ3v) is 5.05. The van der Waals surface area contributed by atoms with E-state index < -0.39 is 0 Å². The van der Waals surface area contributed by atoms with Crippen LogP contribution in [0, 0.1) is 0 Å². The van der Waals surface area contributed by atoms with Crippen molar-refractivity contribution in [2.24, 2.45) is 0 Å². The Balaban J connectivity index is 1.64. The summed E-state index contributed by atoms with van der Waals surface area (Å²) in [5, 5.41) is 1.53. The van der Waals surface area contributed by atoms with Gasteiger partial charge in [-0.2, -0.15) is 0 Å². The van der Waals surface area contributed by atoms with Crippen molar-refractivity contribution < 1.29 is 19.1 Å². The standard InChI is InChI=1S/C27H31NO4/c1-20(2)22-10-12-24(13-11-22)30-25-14-16-26(17-15-25)31-27(23-8-6-5-7-9-23)18-19-28(4)32-21(3)29/h5-17,20,27H,18-19H2,1-4H3. The van der Waals surface area contributed by atoms with Crippen LogP contribution in [0.15, 0.2) is 78.9 Å². The molecule has 0 saturated carbocycles. The molecule has 0 radical (unpaired) electrons. The van der Waals surface area contributed by atoms with E-state index >= 15 is 0 Å². The molecule has 0 fully saturated rings. The summed E-state index contributed by atoms with van der Waals surface area (Å²) in [6.45, 7) is 6.29. The van der Waals surface area contributed by atoms with Crippen LogP contribution in [0.5, 0.6) is 17.2 Å². The van der Waals surface area contributed by atoms with Crippen LogP contribution in [0.3, 0.4) is 0 Å². The summed E-state index contributed by atoms with van der Waals surface area (Å²) in [4.78, 5) is 16.3. The van der Waals surface area contributed by atoms with Gasteiger partial charge in [0.2, 0.25) is 0 Å². The number of ether oxygens (including phenoxy) is 2. The van der Waals surface area contributed by atoms with Crippen molar-refractivity contribution in [2.45, 2.75) is 39.2 Å². The fourth-order valence-electron chi connectivity index (χ4n) is 3.33. The van der Waals surface area contributed by atoms with Crippen LogP contribution in [0.25, 0.3) is 0 Å². The van der Waals surface area contributed by atoms with Crippen molar-refractivity contribution >= 4 is 5.97 Å². The molecular weight excluding hydrogens is 402 g/mol. The Kier molecular flexibility index (Phi) is 8.28. The molecule has 1 atom stereocenters. The number of carbonyl (C=O) groups is 1. The van der Waals surface area contributed by atoms with E-state index in [1.807, 2.05) is 66.7 Å². The molecule has 3 aromatic carbocycles. The smallest absolute Gasteiger partial charge is 0.322 e. The van der Waals surface area contributed by atoms with Crippen molar-refractivity contribution in [3.05, 3.63) is 90.0 Å². The lowest BCUT2D eigenvalue weighted by Crippen LogP contribution is -2.25. The van der Waals surface area contributed by atoms with Crippen molar-refractivity contribution in [2.75, 3.05) is 13.6 Å². The molecule has 32 heavy (non-hydrogen) atoms. The Bertz CT molecular complexity index is 969. The summed E-state index contributed by atoms with van der Waals surface area (Å²) in [5.74, 6) is 2.46. The average Bonchev–Trinajstić information content (AvgIpc) is 2.78. The number of nitrogens with zero attached hydrogens (tertiary/aromatic N) is 1. The van der Waals surface area contributed by atoms with Gasteiger partial charge in [-0.3, -0.25) is 4.79 Å². The predicted molar refractivity (Wildman–Crippen MR) is 126 cm³/mol. The number of hydroxylamine groups is 2. The first kappa shape index (κ1) is 23.4. The van der Waals surface area contributed by atoms with Gasteiger partial charge in [0.1, 0.15) is 23.4 Å². The van der Waals surface area contributed by atoms with E-state index in [0.29, 0.717) is 18.9 Å². The molecule has 0 spiro atoms. The van der Waals surface area contributed by atoms with Gasteiger partial charge in [-0.15, -0.1) is 5.06 Å². The first-order chi connectivity index (χ1) is 15.4. The lowest BCUT2D eigenvalue weighted by molar-refractivity contribution is -0.182. The zero-order valence-corrected chi connectivity index (χ0v) is 19.2. The first-order valence-electron chi connectivity index (χ1n) is 10.9. The highest BCUT2D eigenvalue weighted by molar-refractivity contribution is 5.65. The largest absolute Gasteiger partial charge is 0.486 e. The fraction of sp³-hybridized carbons (Fsp3) is 0.296. The molecule has 0 bridgehead atoms. The van der Waals surface area contributed by atoms with Crippen LogP contribution in [0.2, 0.25) is 0 Å². The number of hydrogen-bond acceptors (Lipinski definition) is 5. The Morgan fingerprint density at radius 3 is 1.94 bits per heavy atom. The van der Waals surface area contributed by atoms with Gasteiger partial charge in [-0.05, 0) is 53.4 Å². The average molecular weight is 434 g/mol. The Morgan fingerprint density at radius 2 is 1.38 bits per heavy atom. The van der Waals surface area contributed by atoms with Gasteiger partial charge in [0.15, 0.2) is 0 Å². The molecule has 3 aromatic rings. The number of carbonyl (C=O) groups excluding carboxylic acids is 1. The maximum absolute atomic E-state index is 11.2. The van der Waals surface area contributed by atoms with E-state index in [2.05, 4.69) is 26.0 Å². The van der Waals surface area contributed by atoms with Gasteiger partial charge in [0.05, 0.1) is 0 Å². The second-order valence-corrected chi connectivity index (χ2v) is 8.04. The molecule has 5 nitrogen and oxygen atoms in total. The predicted octanol–water partition coefficient (Wildman–Crippen LogP) is 6.52. The highest BCUT2D eigenvalue weighted by Crippen LogP contribution is 2.29. The molecule has 5 heteroatoms. The normalized spacial score (nSPS) is 11.9. The topological polar surface area (TPSA) is 48.0 Å². The van der Waals surface area contributed by atoms with Gasteiger partial charge < -0.3 is 14.3 Å². The van der Waals surface area contributed by atoms with Crippen molar-refractivity contribution in [1.82, 2.24) is 5.06 Å². The maximum atomic E-state index is 11.2. The van der Waals surface area contributed by atoms with Crippen LogP contribution in [-0.2, 0) is 9.63 Å². The molecule has 3 rings (SSSR count). The van der Waals surface area contributed by atoms with E-state index in [9.17, 15) is 4.79 Å². The molecule has 0 aliphatic carbocycles. The third-order valence-electron chi connectivity index (χ3n) is 5.05. The first-order valence-corrected chi connectivity index (χ1v) is 10.9. The fourth-order valence-corrected chi connectivity index (χ4v) is 3.33. The minimum Gasteiger partial charge on any atom is -0.486 e. The lowest BCUT2D eigenvalue weighted by atomic mass is 10.0. The number of rotatable bonds is 10. The van der Waals surface area contributed by atoms with Crippen LogP contribution >= 0.6 is 0 Å². The molecule has 0 heterocycles. The van der Waals surface area contributed by atoms with Crippen molar-refractivity contribution in [1.29, 1.82) is 0 Å². The summed E-state index contributed by atoms with van der Waals surface area (Å²) in [6, 6.07) is 25.8. The van der Waals surface area contributed by atoms with Gasteiger partial charge in [-0.1, -0.05) is 56.3 Å². The monoisotopic (exact) mass is 433 g/mol. The molecule has 0 N–H and O–H groups in total. The van der Waals surface area contributed by atoms with E-state index in [1.54, 1.807) is 7.05 Å².